The minimum atomic E-state index is -3.73. The zero-order chi connectivity index (χ0) is 21.6. The molecule has 0 spiro atoms. The molecule has 0 unspecified atom stereocenters. The van der Waals surface area contributed by atoms with Gasteiger partial charge in [0.1, 0.15) is 0 Å². The number of unbranched alkanes of at least 4 members (excludes halogenated alkanes) is 2. The van der Waals surface area contributed by atoms with Crippen LogP contribution in [-0.2, 0) is 16.4 Å². The average Bonchev–Trinajstić information content (AvgIpc) is 2.64. The van der Waals surface area contributed by atoms with Gasteiger partial charge in [0, 0.05) is 17.7 Å². The molecule has 29 heavy (non-hydrogen) atoms. The van der Waals surface area contributed by atoms with Crippen LogP contribution in [0.15, 0.2) is 36.4 Å². The Hall–Kier alpha value is -2.45. The Kier molecular flexibility index (Phi) is 7.75. The summed E-state index contributed by atoms with van der Waals surface area (Å²) in [5, 5.41) is 11.1. The SMILES string of the molecule is CCCCCS(=O)(=O)NC(=O)c1cccc(C)c1Cc1ccc([N+](=O)[O-])cc1Cl. The van der Waals surface area contributed by atoms with Gasteiger partial charge in [0.05, 0.1) is 15.7 Å². The Balaban J connectivity index is 2.29. The molecular formula is C20H23ClN2O5S. The number of nitrogens with zero attached hydrogens (tertiary/aromatic N) is 1. The van der Waals surface area contributed by atoms with Crippen molar-refractivity contribution in [3.8, 4) is 0 Å². The number of rotatable bonds is 9. The number of non-ortho nitro benzene ring substituents is 1. The normalized spacial score (nSPS) is 11.3. The first-order valence-electron chi connectivity index (χ1n) is 9.20. The molecular weight excluding hydrogens is 416 g/mol. The summed E-state index contributed by atoms with van der Waals surface area (Å²) in [6.07, 6.45) is 2.37. The second kappa shape index (κ2) is 9.84. The topological polar surface area (TPSA) is 106 Å². The van der Waals surface area contributed by atoms with Crippen LogP contribution in [0, 0.1) is 17.0 Å². The summed E-state index contributed by atoms with van der Waals surface area (Å²) in [4.78, 5) is 23.0. The predicted octanol–water partition coefficient (Wildman–Crippen LogP) is 4.40. The van der Waals surface area contributed by atoms with Crippen molar-refractivity contribution in [2.45, 2.75) is 39.5 Å². The number of benzene rings is 2. The summed E-state index contributed by atoms with van der Waals surface area (Å²) in [5.74, 6) is -0.805. The molecule has 0 atom stereocenters. The van der Waals surface area contributed by atoms with Crippen LogP contribution in [0.2, 0.25) is 5.02 Å². The molecule has 2 aromatic rings. The summed E-state index contributed by atoms with van der Waals surface area (Å²) in [5.41, 5.74) is 2.12. The molecule has 0 aliphatic rings. The van der Waals surface area contributed by atoms with E-state index < -0.39 is 20.9 Å². The van der Waals surface area contributed by atoms with Crippen LogP contribution in [0.1, 0.15) is 53.2 Å². The fourth-order valence-corrected chi connectivity index (χ4v) is 4.24. The van der Waals surface area contributed by atoms with Crippen LogP contribution in [0.5, 0.6) is 0 Å². The first kappa shape index (κ1) is 22.8. The molecule has 0 heterocycles. The van der Waals surface area contributed by atoms with E-state index in [1.807, 2.05) is 6.92 Å². The van der Waals surface area contributed by atoms with E-state index in [2.05, 4.69) is 4.72 Å². The summed E-state index contributed by atoms with van der Waals surface area (Å²) in [7, 11) is -3.73. The number of hydrogen-bond acceptors (Lipinski definition) is 5. The third-order valence-corrected chi connectivity index (χ3v) is 6.21. The maximum absolute atomic E-state index is 12.7. The van der Waals surface area contributed by atoms with Crippen molar-refractivity contribution in [2.75, 3.05) is 5.75 Å². The monoisotopic (exact) mass is 438 g/mol. The van der Waals surface area contributed by atoms with Crippen molar-refractivity contribution in [3.63, 3.8) is 0 Å². The van der Waals surface area contributed by atoms with Gasteiger partial charge in [-0.25, -0.2) is 13.1 Å². The highest BCUT2D eigenvalue weighted by atomic mass is 35.5. The van der Waals surface area contributed by atoms with E-state index in [1.54, 1.807) is 25.1 Å². The van der Waals surface area contributed by atoms with E-state index in [1.165, 1.54) is 18.2 Å². The molecule has 7 nitrogen and oxygen atoms in total. The number of halogens is 1. The van der Waals surface area contributed by atoms with E-state index in [-0.39, 0.29) is 28.4 Å². The lowest BCUT2D eigenvalue weighted by molar-refractivity contribution is -0.384. The maximum atomic E-state index is 12.7. The third kappa shape index (κ3) is 6.27. The first-order chi connectivity index (χ1) is 13.6. The van der Waals surface area contributed by atoms with Crippen LogP contribution in [-0.4, -0.2) is 25.0 Å². The highest BCUT2D eigenvalue weighted by molar-refractivity contribution is 7.90. The summed E-state index contributed by atoms with van der Waals surface area (Å²) in [6.45, 7) is 3.77. The van der Waals surface area contributed by atoms with Crippen LogP contribution >= 0.6 is 11.6 Å². The first-order valence-corrected chi connectivity index (χ1v) is 11.2. The van der Waals surface area contributed by atoms with E-state index in [9.17, 15) is 23.3 Å². The van der Waals surface area contributed by atoms with Gasteiger partial charge in [-0.15, -0.1) is 0 Å². The summed E-state index contributed by atoms with van der Waals surface area (Å²) < 4.78 is 26.5. The Morgan fingerprint density at radius 3 is 2.55 bits per heavy atom. The van der Waals surface area contributed by atoms with Gasteiger partial charge in [-0.05, 0) is 42.5 Å². The largest absolute Gasteiger partial charge is 0.270 e. The van der Waals surface area contributed by atoms with Gasteiger partial charge in [0.2, 0.25) is 10.0 Å². The van der Waals surface area contributed by atoms with Crippen molar-refractivity contribution in [2.24, 2.45) is 0 Å². The van der Waals surface area contributed by atoms with Crippen molar-refractivity contribution in [3.05, 3.63) is 73.8 Å². The van der Waals surface area contributed by atoms with Gasteiger partial charge in [-0.2, -0.15) is 0 Å². The fourth-order valence-electron chi connectivity index (χ4n) is 2.92. The molecule has 0 fully saturated rings. The highest BCUT2D eigenvalue weighted by Gasteiger charge is 2.20. The summed E-state index contributed by atoms with van der Waals surface area (Å²) >= 11 is 6.18. The molecule has 0 saturated heterocycles. The fraction of sp³-hybridized carbons (Fsp3) is 0.350. The Labute approximate surface area is 175 Å². The predicted molar refractivity (Wildman–Crippen MR) is 113 cm³/mol. The molecule has 0 saturated carbocycles. The minimum absolute atomic E-state index is 0.109. The summed E-state index contributed by atoms with van der Waals surface area (Å²) in [6, 6.07) is 9.18. The number of carbonyl (C=O) groups is 1. The van der Waals surface area contributed by atoms with Gasteiger partial charge in [0.15, 0.2) is 0 Å². The zero-order valence-corrected chi connectivity index (χ0v) is 17.8. The van der Waals surface area contributed by atoms with E-state index in [0.717, 1.165) is 18.4 Å². The molecule has 0 aliphatic carbocycles. The van der Waals surface area contributed by atoms with Crippen molar-refractivity contribution < 1.29 is 18.1 Å². The molecule has 9 heteroatoms. The van der Waals surface area contributed by atoms with Crippen molar-refractivity contribution in [1.29, 1.82) is 0 Å². The lowest BCUT2D eigenvalue weighted by atomic mass is 9.95. The zero-order valence-electron chi connectivity index (χ0n) is 16.3. The number of sulfonamides is 1. The lowest BCUT2D eigenvalue weighted by Crippen LogP contribution is -2.33. The smallest absolute Gasteiger partial charge is 0.268 e. The van der Waals surface area contributed by atoms with E-state index in [4.69, 9.17) is 11.6 Å². The molecule has 2 aromatic carbocycles. The number of nitro groups is 1. The lowest BCUT2D eigenvalue weighted by Gasteiger charge is -2.14. The highest BCUT2D eigenvalue weighted by Crippen LogP contribution is 2.27. The number of carbonyl (C=O) groups excluding carboxylic acids is 1. The molecule has 156 valence electrons. The number of nitrogens with one attached hydrogen (secondary N) is 1. The molecule has 0 aliphatic heterocycles. The molecule has 0 bridgehead atoms. The van der Waals surface area contributed by atoms with Crippen LogP contribution in [0.4, 0.5) is 5.69 Å². The van der Waals surface area contributed by atoms with Gasteiger partial charge in [0.25, 0.3) is 11.6 Å². The standard InChI is InChI=1S/C20H23ClN2O5S/c1-3-4-5-11-29(27,28)22-20(24)17-8-6-7-14(2)18(17)12-15-9-10-16(23(25)26)13-19(15)21/h6-10,13H,3-5,11-12H2,1-2H3,(H,22,24). The average molecular weight is 439 g/mol. The second-order valence-electron chi connectivity index (χ2n) is 6.77. The second-order valence-corrected chi connectivity index (χ2v) is 9.02. The quantitative estimate of drug-likeness (QED) is 0.355. The van der Waals surface area contributed by atoms with Crippen LogP contribution < -0.4 is 4.72 Å². The number of hydrogen-bond donors (Lipinski definition) is 1. The maximum Gasteiger partial charge on any atom is 0.270 e. The Morgan fingerprint density at radius 1 is 1.21 bits per heavy atom. The molecule has 1 amide bonds. The van der Waals surface area contributed by atoms with Crippen LogP contribution in [0.3, 0.4) is 0 Å². The molecule has 0 aromatic heterocycles. The van der Waals surface area contributed by atoms with Crippen molar-refractivity contribution >= 4 is 33.2 Å². The van der Waals surface area contributed by atoms with Crippen molar-refractivity contribution in [1.82, 2.24) is 4.72 Å². The van der Waals surface area contributed by atoms with E-state index >= 15 is 0 Å². The van der Waals surface area contributed by atoms with Gasteiger partial charge in [-0.1, -0.05) is 49.6 Å². The number of nitro benzene ring substituents is 1. The molecule has 1 N–H and O–H groups in total. The Morgan fingerprint density at radius 2 is 1.93 bits per heavy atom. The number of aryl methyl sites for hydroxylation is 1. The van der Waals surface area contributed by atoms with Gasteiger partial charge >= 0.3 is 0 Å². The molecule has 2 rings (SSSR count). The number of amides is 1. The van der Waals surface area contributed by atoms with E-state index in [0.29, 0.717) is 17.5 Å². The minimum Gasteiger partial charge on any atom is -0.268 e. The Bertz CT molecular complexity index is 1020. The van der Waals surface area contributed by atoms with Gasteiger partial charge < -0.3 is 0 Å². The van der Waals surface area contributed by atoms with Gasteiger partial charge in [-0.3, -0.25) is 14.9 Å². The molecule has 0 radical (unpaired) electrons. The third-order valence-electron chi connectivity index (χ3n) is 4.53. The van der Waals surface area contributed by atoms with Crippen LogP contribution in [0.25, 0.3) is 0 Å².